The lowest BCUT2D eigenvalue weighted by atomic mass is 10.0. The molecule has 0 aromatic carbocycles. The highest BCUT2D eigenvalue weighted by atomic mass is 16.1. The van der Waals surface area contributed by atoms with Gasteiger partial charge in [0.2, 0.25) is 5.91 Å². The first-order chi connectivity index (χ1) is 18.8. The average Bonchev–Trinajstić information content (AvgIpc) is 2.92. The fraction of sp³-hybridized carbons (Fsp3) is 0.917. The minimum Gasteiger partial charge on any atom is -0.356 e. The van der Waals surface area contributed by atoms with E-state index in [1.807, 2.05) is 0 Å². The second-order valence-corrected chi connectivity index (χ2v) is 12.0. The number of amides is 1. The van der Waals surface area contributed by atoms with Crippen LogP contribution in [0.2, 0.25) is 0 Å². The van der Waals surface area contributed by atoms with E-state index in [0.29, 0.717) is 0 Å². The Balaban J connectivity index is 3.18. The monoisotopic (exact) mass is 534 g/mol. The molecule has 0 aliphatic rings. The van der Waals surface area contributed by atoms with E-state index < -0.39 is 0 Å². The second-order valence-electron chi connectivity index (χ2n) is 12.0. The van der Waals surface area contributed by atoms with Gasteiger partial charge in [0.1, 0.15) is 0 Å². The van der Waals surface area contributed by atoms with Crippen LogP contribution in [0, 0.1) is 0 Å². The van der Waals surface area contributed by atoms with Crippen LogP contribution in [0.25, 0.3) is 0 Å². The molecular weight excluding hydrogens is 462 g/mol. The van der Waals surface area contributed by atoms with Gasteiger partial charge in [-0.2, -0.15) is 0 Å². The Bertz CT molecular complexity index is 472. The van der Waals surface area contributed by atoms with Crippen molar-refractivity contribution in [1.29, 1.82) is 0 Å². The fourth-order valence-electron chi connectivity index (χ4n) is 5.35. The largest absolute Gasteiger partial charge is 0.356 e. The van der Waals surface area contributed by atoms with E-state index in [0.717, 1.165) is 25.8 Å². The van der Waals surface area contributed by atoms with Crippen molar-refractivity contribution in [3.05, 3.63) is 12.2 Å². The number of carbonyl (C=O) groups excluding carboxylic acids is 1. The van der Waals surface area contributed by atoms with E-state index in [1.54, 1.807) is 0 Å². The quantitative estimate of drug-likeness (QED) is 0.0676. The van der Waals surface area contributed by atoms with Gasteiger partial charge in [-0.3, -0.25) is 4.79 Å². The highest BCUT2D eigenvalue weighted by Gasteiger charge is 2.01. The molecule has 0 aromatic rings. The summed E-state index contributed by atoms with van der Waals surface area (Å²) in [4.78, 5) is 12.0. The van der Waals surface area contributed by atoms with Gasteiger partial charge in [-0.15, -0.1) is 0 Å². The Hall–Kier alpha value is -0.790. The Morgan fingerprint density at radius 3 is 1.13 bits per heavy atom. The highest BCUT2D eigenvalue weighted by molar-refractivity contribution is 5.75. The van der Waals surface area contributed by atoms with E-state index in [-0.39, 0.29) is 5.91 Å². The van der Waals surface area contributed by atoms with Gasteiger partial charge in [0, 0.05) is 13.0 Å². The normalized spacial score (nSPS) is 11.5. The van der Waals surface area contributed by atoms with E-state index >= 15 is 0 Å². The molecule has 0 rings (SSSR count). The standard InChI is InChI=1S/C36H71NO/c1-3-5-7-9-11-13-15-17-19-21-23-25-27-29-31-33-35-37-36(38)34-32-30-28-26-24-22-20-18-16-14-12-10-8-6-4-2/h18,20H,3-17,19,21-35H2,1-2H3,(H,37,38). The zero-order chi connectivity index (χ0) is 27.6. The number of unbranched alkanes of at least 4 members (excludes halogenated alkanes) is 26. The molecule has 1 N–H and O–H groups in total. The van der Waals surface area contributed by atoms with Crippen LogP contribution < -0.4 is 5.32 Å². The lowest BCUT2D eigenvalue weighted by molar-refractivity contribution is -0.121. The highest BCUT2D eigenvalue weighted by Crippen LogP contribution is 2.14. The fourth-order valence-corrected chi connectivity index (χ4v) is 5.35. The summed E-state index contributed by atoms with van der Waals surface area (Å²) in [5, 5.41) is 3.13. The minimum atomic E-state index is 0.267. The zero-order valence-electron chi connectivity index (χ0n) is 26.5. The maximum Gasteiger partial charge on any atom is 0.219 e. The van der Waals surface area contributed by atoms with Crippen LogP contribution in [0.4, 0.5) is 0 Å². The average molecular weight is 534 g/mol. The Morgan fingerprint density at radius 2 is 0.737 bits per heavy atom. The smallest absolute Gasteiger partial charge is 0.219 e. The predicted molar refractivity (Wildman–Crippen MR) is 172 cm³/mol. The summed E-state index contributed by atoms with van der Waals surface area (Å²) in [7, 11) is 0. The molecule has 0 fully saturated rings. The third kappa shape index (κ3) is 33.2. The van der Waals surface area contributed by atoms with Crippen molar-refractivity contribution in [2.24, 2.45) is 0 Å². The van der Waals surface area contributed by atoms with E-state index in [1.165, 1.54) is 173 Å². The van der Waals surface area contributed by atoms with Crippen molar-refractivity contribution in [1.82, 2.24) is 5.32 Å². The third-order valence-corrected chi connectivity index (χ3v) is 8.02. The second kappa shape index (κ2) is 34.2. The van der Waals surface area contributed by atoms with Crippen LogP contribution in [0.3, 0.4) is 0 Å². The van der Waals surface area contributed by atoms with Crippen LogP contribution in [0.1, 0.15) is 206 Å². The topological polar surface area (TPSA) is 29.1 Å². The van der Waals surface area contributed by atoms with Crippen LogP contribution >= 0.6 is 0 Å². The first-order valence-corrected chi connectivity index (χ1v) is 17.7. The predicted octanol–water partition coefficient (Wildman–Crippen LogP) is 12.4. The van der Waals surface area contributed by atoms with Gasteiger partial charge in [0.25, 0.3) is 0 Å². The number of carbonyl (C=O) groups is 1. The molecule has 0 aliphatic heterocycles. The number of rotatable bonds is 32. The van der Waals surface area contributed by atoms with Crippen molar-refractivity contribution < 1.29 is 4.79 Å². The third-order valence-electron chi connectivity index (χ3n) is 8.02. The van der Waals surface area contributed by atoms with E-state index in [4.69, 9.17) is 0 Å². The van der Waals surface area contributed by atoms with Gasteiger partial charge in [0.05, 0.1) is 0 Å². The molecule has 2 nitrogen and oxygen atoms in total. The molecule has 0 atom stereocenters. The van der Waals surface area contributed by atoms with Crippen molar-refractivity contribution in [2.45, 2.75) is 206 Å². The summed E-state index contributed by atoms with van der Waals surface area (Å²) in [6.07, 6.45) is 44.8. The summed E-state index contributed by atoms with van der Waals surface area (Å²) in [5.41, 5.74) is 0. The van der Waals surface area contributed by atoms with Crippen molar-refractivity contribution in [2.75, 3.05) is 6.54 Å². The number of allylic oxidation sites excluding steroid dienone is 2. The maximum atomic E-state index is 12.0. The van der Waals surface area contributed by atoms with Crippen molar-refractivity contribution in [3.8, 4) is 0 Å². The molecule has 0 saturated heterocycles. The molecule has 0 bridgehead atoms. The minimum absolute atomic E-state index is 0.267. The molecule has 0 spiro atoms. The number of hydrogen-bond acceptors (Lipinski definition) is 1. The summed E-state index contributed by atoms with van der Waals surface area (Å²) in [6.45, 7) is 5.45. The van der Waals surface area contributed by atoms with E-state index in [9.17, 15) is 4.79 Å². The summed E-state index contributed by atoms with van der Waals surface area (Å²) < 4.78 is 0. The van der Waals surface area contributed by atoms with Crippen LogP contribution in [0.5, 0.6) is 0 Å². The van der Waals surface area contributed by atoms with Gasteiger partial charge in [-0.05, 0) is 38.5 Å². The maximum absolute atomic E-state index is 12.0. The molecule has 38 heavy (non-hydrogen) atoms. The molecule has 226 valence electrons. The molecule has 0 radical (unpaired) electrons. The Labute approximate surface area is 241 Å². The molecule has 0 unspecified atom stereocenters. The lowest BCUT2D eigenvalue weighted by Gasteiger charge is -2.06. The van der Waals surface area contributed by atoms with Crippen molar-refractivity contribution >= 4 is 5.91 Å². The van der Waals surface area contributed by atoms with Crippen LogP contribution in [0.15, 0.2) is 12.2 Å². The Kier molecular flexibility index (Phi) is 33.5. The SMILES string of the molecule is CCCCCCCCC=CCCCCCCCC(=O)NCCCCCCCCCCCCCCCCCC. The van der Waals surface area contributed by atoms with Crippen LogP contribution in [-0.2, 0) is 4.79 Å². The molecule has 2 heteroatoms. The number of nitrogens with one attached hydrogen (secondary N) is 1. The zero-order valence-corrected chi connectivity index (χ0v) is 26.5. The molecule has 0 heterocycles. The first kappa shape index (κ1) is 37.2. The molecule has 0 saturated carbocycles. The molecule has 0 aromatic heterocycles. The van der Waals surface area contributed by atoms with Gasteiger partial charge in [-0.25, -0.2) is 0 Å². The summed E-state index contributed by atoms with van der Waals surface area (Å²) >= 11 is 0. The molecular formula is C36H71NO. The molecule has 1 amide bonds. The van der Waals surface area contributed by atoms with Gasteiger partial charge < -0.3 is 5.32 Å². The van der Waals surface area contributed by atoms with Gasteiger partial charge in [0.15, 0.2) is 0 Å². The van der Waals surface area contributed by atoms with Gasteiger partial charge in [-0.1, -0.05) is 174 Å². The van der Waals surface area contributed by atoms with Crippen molar-refractivity contribution in [3.63, 3.8) is 0 Å². The lowest BCUT2D eigenvalue weighted by Crippen LogP contribution is -2.23. The Morgan fingerprint density at radius 1 is 0.421 bits per heavy atom. The summed E-state index contributed by atoms with van der Waals surface area (Å²) in [6, 6.07) is 0. The van der Waals surface area contributed by atoms with Crippen LogP contribution in [-0.4, -0.2) is 12.5 Å². The van der Waals surface area contributed by atoms with Gasteiger partial charge >= 0.3 is 0 Å². The number of hydrogen-bond donors (Lipinski definition) is 1. The molecule has 0 aliphatic carbocycles. The first-order valence-electron chi connectivity index (χ1n) is 17.7. The van der Waals surface area contributed by atoms with E-state index in [2.05, 4.69) is 31.3 Å². The summed E-state index contributed by atoms with van der Waals surface area (Å²) in [5.74, 6) is 0.267.